The number of anilines is 2. The summed E-state index contributed by atoms with van der Waals surface area (Å²) >= 11 is 0. The van der Waals surface area contributed by atoms with Crippen LogP contribution in [0.2, 0.25) is 0 Å². The molecule has 122 valence electrons. The zero-order valence-electron chi connectivity index (χ0n) is 13.1. The number of hydrogen-bond acceptors (Lipinski definition) is 4. The molecule has 0 atom stereocenters. The third kappa shape index (κ3) is 4.46. The van der Waals surface area contributed by atoms with Gasteiger partial charge in [0.15, 0.2) is 0 Å². The minimum atomic E-state index is -3.48. The molecule has 0 bridgehead atoms. The predicted octanol–water partition coefficient (Wildman–Crippen LogP) is 2.63. The van der Waals surface area contributed by atoms with Crippen LogP contribution in [0.3, 0.4) is 0 Å². The Morgan fingerprint density at radius 2 is 1.78 bits per heavy atom. The van der Waals surface area contributed by atoms with Gasteiger partial charge in [0, 0.05) is 0 Å². The number of ether oxygens (including phenoxy) is 1. The molecular weight excluding hydrogens is 316 g/mol. The van der Waals surface area contributed by atoms with E-state index in [1.54, 1.807) is 30.3 Å². The molecular formula is C16H18N2O4S. The lowest BCUT2D eigenvalue weighted by molar-refractivity contribution is 0.102. The molecule has 2 aromatic carbocycles. The van der Waals surface area contributed by atoms with Gasteiger partial charge in [0.1, 0.15) is 5.75 Å². The summed E-state index contributed by atoms with van der Waals surface area (Å²) in [6.07, 6.45) is 1.03. The quantitative estimate of drug-likeness (QED) is 0.880. The van der Waals surface area contributed by atoms with Crippen LogP contribution in [0.25, 0.3) is 0 Å². The first-order valence-electron chi connectivity index (χ1n) is 6.83. The summed E-state index contributed by atoms with van der Waals surface area (Å²) in [5.41, 5.74) is 1.93. The van der Waals surface area contributed by atoms with Crippen LogP contribution in [0.5, 0.6) is 5.75 Å². The van der Waals surface area contributed by atoms with E-state index in [-0.39, 0.29) is 11.3 Å². The lowest BCUT2D eigenvalue weighted by atomic mass is 10.1. The summed E-state index contributed by atoms with van der Waals surface area (Å²) in [5.74, 6) is 0.0955. The maximum atomic E-state index is 12.5. The van der Waals surface area contributed by atoms with Gasteiger partial charge in [0.05, 0.1) is 30.3 Å². The number of hydrogen-bond donors (Lipinski definition) is 2. The number of aryl methyl sites for hydroxylation is 1. The van der Waals surface area contributed by atoms with Gasteiger partial charge in [-0.25, -0.2) is 8.42 Å². The van der Waals surface area contributed by atoms with Gasteiger partial charge in [-0.1, -0.05) is 18.2 Å². The molecule has 1 amide bonds. The van der Waals surface area contributed by atoms with Crippen LogP contribution >= 0.6 is 0 Å². The van der Waals surface area contributed by atoms with E-state index in [1.807, 2.05) is 13.0 Å². The first kappa shape index (κ1) is 16.8. The van der Waals surface area contributed by atoms with Gasteiger partial charge in [0.25, 0.3) is 5.91 Å². The predicted molar refractivity (Wildman–Crippen MR) is 90.6 cm³/mol. The first-order valence-corrected chi connectivity index (χ1v) is 8.72. The highest BCUT2D eigenvalue weighted by Gasteiger charge is 2.15. The van der Waals surface area contributed by atoms with Crippen molar-refractivity contribution in [2.24, 2.45) is 0 Å². The van der Waals surface area contributed by atoms with Crippen LogP contribution in [-0.4, -0.2) is 27.7 Å². The van der Waals surface area contributed by atoms with Crippen LogP contribution in [0.15, 0.2) is 42.5 Å². The molecule has 7 heteroatoms. The summed E-state index contributed by atoms with van der Waals surface area (Å²) in [6, 6.07) is 11.8. The summed E-state index contributed by atoms with van der Waals surface area (Å²) in [5, 5.41) is 2.75. The van der Waals surface area contributed by atoms with E-state index in [1.165, 1.54) is 13.2 Å². The SMILES string of the molecule is COc1ccc(C)cc1NC(=O)c1ccccc1NS(C)(=O)=O. The van der Waals surface area contributed by atoms with E-state index in [2.05, 4.69) is 10.0 Å². The Morgan fingerprint density at radius 3 is 2.43 bits per heavy atom. The number of amides is 1. The molecule has 0 aliphatic rings. The fraction of sp³-hybridized carbons (Fsp3) is 0.188. The normalized spacial score (nSPS) is 10.9. The van der Waals surface area contributed by atoms with Crippen LogP contribution in [0, 0.1) is 6.92 Å². The Hall–Kier alpha value is -2.54. The first-order chi connectivity index (χ1) is 10.8. The molecule has 2 rings (SSSR count). The molecule has 23 heavy (non-hydrogen) atoms. The maximum absolute atomic E-state index is 12.5. The second kappa shape index (κ2) is 6.70. The minimum absolute atomic E-state index is 0.221. The maximum Gasteiger partial charge on any atom is 0.257 e. The topological polar surface area (TPSA) is 84.5 Å². The highest BCUT2D eigenvalue weighted by molar-refractivity contribution is 7.92. The van der Waals surface area contributed by atoms with Gasteiger partial charge in [-0.3, -0.25) is 9.52 Å². The Morgan fingerprint density at radius 1 is 1.09 bits per heavy atom. The molecule has 0 aromatic heterocycles. The van der Waals surface area contributed by atoms with Crippen molar-refractivity contribution < 1.29 is 17.9 Å². The van der Waals surface area contributed by atoms with E-state index in [0.29, 0.717) is 11.4 Å². The van der Waals surface area contributed by atoms with Crippen LogP contribution in [0.4, 0.5) is 11.4 Å². The molecule has 0 radical (unpaired) electrons. The summed E-state index contributed by atoms with van der Waals surface area (Å²) in [4.78, 5) is 12.5. The highest BCUT2D eigenvalue weighted by Crippen LogP contribution is 2.26. The molecule has 6 nitrogen and oxygen atoms in total. The zero-order valence-corrected chi connectivity index (χ0v) is 13.9. The summed E-state index contributed by atoms with van der Waals surface area (Å²) in [7, 11) is -1.97. The number of methoxy groups -OCH3 is 1. The Balaban J connectivity index is 2.34. The highest BCUT2D eigenvalue weighted by atomic mass is 32.2. The van der Waals surface area contributed by atoms with Crippen molar-refractivity contribution in [2.75, 3.05) is 23.4 Å². The van der Waals surface area contributed by atoms with E-state index >= 15 is 0 Å². The summed E-state index contributed by atoms with van der Waals surface area (Å²) < 4.78 is 30.4. The number of nitrogens with one attached hydrogen (secondary N) is 2. The van der Waals surface area contributed by atoms with Gasteiger partial charge >= 0.3 is 0 Å². The Kier molecular flexibility index (Phi) is 4.90. The van der Waals surface area contributed by atoms with Crippen molar-refractivity contribution >= 4 is 27.3 Å². The molecule has 0 spiro atoms. The standard InChI is InChI=1S/C16H18N2O4S/c1-11-8-9-15(22-2)14(10-11)17-16(19)12-6-4-5-7-13(12)18-23(3,20)21/h4-10,18H,1-3H3,(H,17,19). The number of sulfonamides is 1. The molecule has 0 saturated carbocycles. The third-order valence-corrected chi connectivity index (χ3v) is 3.66. The van der Waals surface area contributed by atoms with Crippen LogP contribution in [-0.2, 0) is 10.0 Å². The van der Waals surface area contributed by atoms with Crippen molar-refractivity contribution in [1.29, 1.82) is 0 Å². The third-order valence-electron chi connectivity index (χ3n) is 3.07. The number of rotatable bonds is 5. The van der Waals surface area contributed by atoms with E-state index in [0.717, 1.165) is 11.8 Å². The van der Waals surface area contributed by atoms with Crippen molar-refractivity contribution in [3.8, 4) is 5.75 Å². The van der Waals surface area contributed by atoms with Gasteiger partial charge < -0.3 is 10.1 Å². The molecule has 2 N–H and O–H groups in total. The molecule has 0 fully saturated rings. The van der Waals surface area contributed by atoms with Gasteiger partial charge in [0.2, 0.25) is 10.0 Å². The van der Waals surface area contributed by atoms with Gasteiger partial charge in [-0.15, -0.1) is 0 Å². The van der Waals surface area contributed by atoms with Gasteiger partial charge in [-0.2, -0.15) is 0 Å². The Labute approximate surface area is 135 Å². The summed E-state index contributed by atoms with van der Waals surface area (Å²) in [6.45, 7) is 1.90. The number of para-hydroxylation sites is 1. The van der Waals surface area contributed by atoms with Crippen molar-refractivity contribution in [2.45, 2.75) is 6.92 Å². The molecule has 2 aromatic rings. The molecule has 0 heterocycles. The second-order valence-electron chi connectivity index (χ2n) is 5.08. The Bertz CT molecular complexity index is 832. The lowest BCUT2D eigenvalue weighted by Crippen LogP contribution is -2.17. The second-order valence-corrected chi connectivity index (χ2v) is 6.83. The molecule has 0 aliphatic carbocycles. The fourth-order valence-electron chi connectivity index (χ4n) is 2.08. The lowest BCUT2D eigenvalue weighted by Gasteiger charge is -2.13. The average molecular weight is 334 g/mol. The van der Waals surface area contributed by atoms with E-state index < -0.39 is 15.9 Å². The van der Waals surface area contributed by atoms with Crippen molar-refractivity contribution in [3.05, 3.63) is 53.6 Å². The fourth-order valence-corrected chi connectivity index (χ4v) is 2.66. The molecule has 0 saturated heterocycles. The van der Waals surface area contributed by atoms with Crippen LogP contribution < -0.4 is 14.8 Å². The number of carbonyl (C=O) groups is 1. The average Bonchev–Trinajstić information content (AvgIpc) is 2.46. The van der Waals surface area contributed by atoms with E-state index in [4.69, 9.17) is 4.74 Å². The number of benzene rings is 2. The van der Waals surface area contributed by atoms with Crippen LogP contribution in [0.1, 0.15) is 15.9 Å². The van der Waals surface area contributed by atoms with Crippen molar-refractivity contribution in [3.63, 3.8) is 0 Å². The van der Waals surface area contributed by atoms with Gasteiger partial charge in [-0.05, 0) is 36.8 Å². The number of carbonyl (C=O) groups excluding carboxylic acids is 1. The van der Waals surface area contributed by atoms with E-state index in [9.17, 15) is 13.2 Å². The zero-order chi connectivity index (χ0) is 17.0. The largest absolute Gasteiger partial charge is 0.495 e. The smallest absolute Gasteiger partial charge is 0.257 e. The molecule has 0 aliphatic heterocycles. The minimum Gasteiger partial charge on any atom is -0.495 e. The monoisotopic (exact) mass is 334 g/mol. The molecule has 0 unspecified atom stereocenters. The van der Waals surface area contributed by atoms with Crippen molar-refractivity contribution in [1.82, 2.24) is 0 Å².